The summed E-state index contributed by atoms with van der Waals surface area (Å²) in [6.07, 6.45) is 2.43. The highest BCUT2D eigenvalue weighted by Crippen LogP contribution is 2.21. The molecular weight excluding hydrogens is 302 g/mol. The average Bonchev–Trinajstić information content (AvgIpc) is 2.58. The fraction of sp³-hybridized carbons (Fsp3) is 0.579. The van der Waals surface area contributed by atoms with Gasteiger partial charge in [-0.1, -0.05) is 17.7 Å². The lowest BCUT2D eigenvalue weighted by atomic mass is 9.95. The first-order chi connectivity index (χ1) is 11.5. The number of rotatable bonds is 6. The van der Waals surface area contributed by atoms with Crippen LogP contribution >= 0.6 is 0 Å². The van der Waals surface area contributed by atoms with Gasteiger partial charge >= 0.3 is 0 Å². The minimum absolute atomic E-state index is 0.0303. The molecule has 1 aromatic carbocycles. The summed E-state index contributed by atoms with van der Waals surface area (Å²) in [6, 6.07) is 5.93. The minimum Gasteiger partial charge on any atom is -0.356 e. The number of hydrogen-bond acceptors (Lipinski definition) is 3. The van der Waals surface area contributed by atoms with E-state index in [1.807, 2.05) is 44.0 Å². The number of amides is 2. The van der Waals surface area contributed by atoms with Crippen LogP contribution in [0.25, 0.3) is 0 Å². The van der Waals surface area contributed by atoms with E-state index >= 15 is 0 Å². The van der Waals surface area contributed by atoms with Gasteiger partial charge < -0.3 is 15.5 Å². The van der Waals surface area contributed by atoms with Crippen LogP contribution in [0.3, 0.4) is 0 Å². The molecule has 24 heavy (non-hydrogen) atoms. The van der Waals surface area contributed by atoms with E-state index in [1.54, 1.807) is 0 Å². The molecule has 0 radical (unpaired) electrons. The molecule has 1 saturated heterocycles. The van der Waals surface area contributed by atoms with Crippen molar-refractivity contribution in [2.45, 2.75) is 33.1 Å². The predicted molar refractivity (Wildman–Crippen MR) is 96.1 cm³/mol. The van der Waals surface area contributed by atoms with Gasteiger partial charge in [-0.25, -0.2) is 0 Å². The van der Waals surface area contributed by atoms with Gasteiger partial charge in [0, 0.05) is 31.1 Å². The molecule has 1 aliphatic rings. The van der Waals surface area contributed by atoms with Crippen molar-refractivity contribution in [2.24, 2.45) is 5.92 Å². The van der Waals surface area contributed by atoms with Crippen LogP contribution in [-0.2, 0) is 4.79 Å². The number of likely N-dealkylation sites (tertiary alicyclic amines) is 1. The second-order valence-electron chi connectivity index (χ2n) is 6.63. The standard InChI is InChI=1S/C19H29N3O2/c1-14-5-6-17(15(2)13-14)19(24)22-11-7-16(8-12-22)18(23)21-10-4-9-20-3/h5-6,13,16,20H,4,7-12H2,1-3H3,(H,21,23). The van der Waals surface area contributed by atoms with Gasteiger partial charge in [0.15, 0.2) is 0 Å². The molecule has 0 aromatic heterocycles. The highest BCUT2D eigenvalue weighted by atomic mass is 16.2. The molecule has 1 fully saturated rings. The topological polar surface area (TPSA) is 61.4 Å². The molecule has 2 rings (SSSR count). The maximum absolute atomic E-state index is 12.7. The second-order valence-corrected chi connectivity index (χ2v) is 6.63. The summed E-state index contributed by atoms with van der Waals surface area (Å²) < 4.78 is 0. The lowest BCUT2D eigenvalue weighted by Gasteiger charge is -2.31. The van der Waals surface area contributed by atoms with Gasteiger partial charge in [0.05, 0.1) is 0 Å². The molecule has 2 amide bonds. The van der Waals surface area contributed by atoms with Crippen LogP contribution in [0.2, 0.25) is 0 Å². The third-order valence-corrected chi connectivity index (χ3v) is 4.67. The second kappa shape index (κ2) is 8.83. The normalized spacial score (nSPS) is 15.4. The highest BCUT2D eigenvalue weighted by Gasteiger charge is 2.28. The maximum Gasteiger partial charge on any atom is 0.254 e. The van der Waals surface area contributed by atoms with E-state index in [1.165, 1.54) is 0 Å². The van der Waals surface area contributed by atoms with Crippen LogP contribution in [0.15, 0.2) is 18.2 Å². The number of aryl methyl sites for hydroxylation is 2. The third kappa shape index (κ3) is 4.81. The van der Waals surface area contributed by atoms with Crippen LogP contribution in [0.5, 0.6) is 0 Å². The van der Waals surface area contributed by atoms with Gasteiger partial charge in [-0.2, -0.15) is 0 Å². The van der Waals surface area contributed by atoms with Crippen LogP contribution in [0.1, 0.15) is 40.7 Å². The Morgan fingerprint density at radius 2 is 1.88 bits per heavy atom. The molecule has 1 aromatic rings. The van der Waals surface area contributed by atoms with Crippen molar-refractivity contribution in [1.29, 1.82) is 0 Å². The summed E-state index contributed by atoms with van der Waals surface area (Å²) in [7, 11) is 1.91. The van der Waals surface area contributed by atoms with Gasteiger partial charge in [0.1, 0.15) is 0 Å². The summed E-state index contributed by atoms with van der Waals surface area (Å²) >= 11 is 0. The van der Waals surface area contributed by atoms with Crippen molar-refractivity contribution >= 4 is 11.8 Å². The van der Waals surface area contributed by atoms with E-state index in [4.69, 9.17) is 0 Å². The average molecular weight is 331 g/mol. The lowest BCUT2D eigenvalue weighted by Crippen LogP contribution is -2.43. The Morgan fingerprint density at radius 1 is 1.17 bits per heavy atom. The monoisotopic (exact) mass is 331 g/mol. The van der Waals surface area contributed by atoms with E-state index < -0.39 is 0 Å². The first-order valence-corrected chi connectivity index (χ1v) is 8.81. The molecule has 5 nitrogen and oxygen atoms in total. The van der Waals surface area contributed by atoms with E-state index in [-0.39, 0.29) is 17.7 Å². The number of nitrogens with zero attached hydrogens (tertiary/aromatic N) is 1. The lowest BCUT2D eigenvalue weighted by molar-refractivity contribution is -0.126. The van der Waals surface area contributed by atoms with Crippen molar-refractivity contribution in [1.82, 2.24) is 15.5 Å². The Labute approximate surface area is 144 Å². The number of carbonyl (C=O) groups is 2. The molecule has 0 spiro atoms. The summed E-state index contributed by atoms with van der Waals surface area (Å²) in [4.78, 5) is 26.7. The summed E-state index contributed by atoms with van der Waals surface area (Å²) in [6.45, 7) is 6.93. The zero-order chi connectivity index (χ0) is 17.5. The smallest absolute Gasteiger partial charge is 0.254 e. The van der Waals surface area contributed by atoms with Gasteiger partial charge in [-0.3, -0.25) is 9.59 Å². The summed E-state index contributed by atoms with van der Waals surface area (Å²) in [5, 5.41) is 6.06. The van der Waals surface area contributed by atoms with Crippen molar-refractivity contribution < 1.29 is 9.59 Å². The van der Waals surface area contributed by atoms with E-state index in [9.17, 15) is 9.59 Å². The molecule has 0 bridgehead atoms. The summed E-state index contributed by atoms with van der Waals surface area (Å²) in [5.74, 6) is 0.243. The predicted octanol–water partition coefficient (Wildman–Crippen LogP) is 1.88. The van der Waals surface area contributed by atoms with Crippen LogP contribution < -0.4 is 10.6 Å². The Balaban J connectivity index is 1.83. The van der Waals surface area contributed by atoms with Crippen molar-refractivity contribution in [3.63, 3.8) is 0 Å². The van der Waals surface area contributed by atoms with Crippen molar-refractivity contribution in [2.75, 3.05) is 33.2 Å². The Kier molecular flexibility index (Phi) is 6.79. The Morgan fingerprint density at radius 3 is 2.50 bits per heavy atom. The van der Waals surface area contributed by atoms with Crippen molar-refractivity contribution in [3.05, 3.63) is 34.9 Å². The molecule has 0 atom stereocenters. The van der Waals surface area contributed by atoms with E-state index in [2.05, 4.69) is 10.6 Å². The molecule has 0 aliphatic carbocycles. The minimum atomic E-state index is 0.0303. The first kappa shape index (κ1) is 18.5. The van der Waals surface area contributed by atoms with Gasteiger partial charge in [0.2, 0.25) is 5.91 Å². The molecule has 0 unspecified atom stereocenters. The number of hydrogen-bond donors (Lipinski definition) is 2. The number of carbonyl (C=O) groups excluding carboxylic acids is 2. The van der Waals surface area contributed by atoms with Gasteiger partial charge in [-0.15, -0.1) is 0 Å². The maximum atomic E-state index is 12.7. The molecule has 1 aliphatic heterocycles. The molecule has 132 valence electrons. The fourth-order valence-corrected chi connectivity index (χ4v) is 3.19. The van der Waals surface area contributed by atoms with Gasteiger partial charge in [-0.05, 0) is 58.3 Å². The molecule has 1 heterocycles. The molecule has 2 N–H and O–H groups in total. The largest absolute Gasteiger partial charge is 0.356 e. The first-order valence-electron chi connectivity index (χ1n) is 8.81. The van der Waals surface area contributed by atoms with Gasteiger partial charge in [0.25, 0.3) is 5.91 Å². The molecular formula is C19H29N3O2. The van der Waals surface area contributed by atoms with Crippen LogP contribution in [0.4, 0.5) is 0 Å². The quantitative estimate of drug-likeness (QED) is 0.783. The highest BCUT2D eigenvalue weighted by molar-refractivity contribution is 5.96. The van der Waals surface area contributed by atoms with E-state index in [0.717, 1.165) is 42.5 Å². The van der Waals surface area contributed by atoms with Crippen LogP contribution in [0, 0.1) is 19.8 Å². The third-order valence-electron chi connectivity index (χ3n) is 4.67. The molecule has 0 saturated carbocycles. The SMILES string of the molecule is CNCCCNC(=O)C1CCN(C(=O)c2ccc(C)cc2C)CC1. The summed E-state index contributed by atoms with van der Waals surface area (Å²) in [5.41, 5.74) is 2.96. The number of nitrogens with one attached hydrogen (secondary N) is 2. The Bertz CT molecular complexity index is 578. The number of benzene rings is 1. The van der Waals surface area contributed by atoms with Crippen molar-refractivity contribution in [3.8, 4) is 0 Å². The van der Waals surface area contributed by atoms with E-state index in [0.29, 0.717) is 19.6 Å². The zero-order valence-corrected chi connectivity index (χ0v) is 15.0. The zero-order valence-electron chi connectivity index (χ0n) is 15.0. The Hall–Kier alpha value is -1.88. The fourth-order valence-electron chi connectivity index (χ4n) is 3.19. The molecule has 5 heteroatoms. The van der Waals surface area contributed by atoms with Crippen LogP contribution in [-0.4, -0.2) is 49.9 Å². The number of piperidine rings is 1.